The molecule has 0 aliphatic heterocycles. The van der Waals surface area contributed by atoms with E-state index in [1.54, 1.807) is 0 Å². The molecule has 0 aliphatic rings. The molecule has 0 saturated carbocycles. The quantitative estimate of drug-likeness (QED) is 0.501. The number of nitrogens with zero attached hydrogens (tertiary/aromatic N) is 2. The number of nitrogens with two attached hydrogens (primary N) is 1. The van der Waals surface area contributed by atoms with Gasteiger partial charge >= 0.3 is 0 Å². The van der Waals surface area contributed by atoms with Gasteiger partial charge in [0.15, 0.2) is 11.5 Å². The van der Waals surface area contributed by atoms with Crippen LogP contribution in [-0.4, -0.2) is 18.0 Å². The second-order valence-electron chi connectivity index (χ2n) is 5.69. The second-order valence-corrected chi connectivity index (χ2v) is 8.53. The molecule has 3 aromatic rings. The largest absolute Gasteiger partial charge is 0.364 e. The van der Waals surface area contributed by atoms with Gasteiger partial charge < -0.3 is 15.2 Å². The van der Waals surface area contributed by atoms with E-state index in [9.17, 15) is 19.0 Å². The third-order valence-electron chi connectivity index (χ3n) is 4.13. The van der Waals surface area contributed by atoms with Crippen LogP contribution in [0.15, 0.2) is 30.3 Å². The van der Waals surface area contributed by atoms with E-state index in [4.69, 9.17) is 28.4 Å². The number of nitriles is 1. The molecule has 28 heavy (non-hydrogen) atoms. The molecule has 10 heteroatoms. The summed E-state index contributed by atoms with van der Waals surface area (Å²) in [6, 6.07) is 8.36. The van der Waals surface area contributed by atoms with Crippen LogP contribution in [0.25, 0.3) is 15.7 Å². The summed E-state index contributed by atoms with van der Waals surface area (Å²) in [5.74, 6) is -1.89. The fourth-order valence-corrected chi connectivity index (χ4v) is 5.29. The normalized spacial score (nSPS) is 12.9. The van der Waals surface area contributed by atoms with Crippen LogP contribution in [0, 0.1) is 23.7 Å². The Morgan fingerprint density at radius 3 is 2.71 bits per heavy atom. The van der Waals surface area contributed by atoms with Crippen LogP contribution in [0.5, 0.6) is 0 Å². The molecule has 0 saturated heterocycles. The van der Waals surface area contributed by atoms with Gasteiger partial charge in [-0.15, -0.1) is 0 Å². The molecule has 3 N–H and O–H groups in total. The molecular weight excluding hydrogens is 406 g/mol. The lowest BCUT2D eigenvalue weighted by Gasteiger charge is -2.18. The van der Waals surface area contributed by atoms with Crippen LogP contribution < -0.4 is 16.3 Å². The van der Waals surface area contributed by atoms with Crippen molar-refractivity contribution in [1.82, 2.24) is 4.98 Å². The van der Waals surface area contributed by atoms with Crippen molar-refractivity contribution >= 4 is 52.1 Å². The molecule has 1 aromatic heterocycles. The van der Waals surface area contributed by atoms with Gasteiger partial charge in [-0.1, -0.05) is 11.6 Å². The SMILES string of the molecule is [C-]#[N+]c1cc(C#N)cc(P(=O)(OC)c2c(C(N)=O)[nH]c3ccc(Cl)c(F)c23)c1. The number of carbonyl (C=O) groups excluding carboxylic acids is 1. The van der Waals surface area contributed by atoms with E-state index < -0.39 is 19.1 Å². The van der Waals surface area contributed by atoms with Gasteiger partial charge in [-0.2, -0.15) is 5.26 Å². The van der Waals surface area contributed by atoms with Crippen molar-refractivity contribution in [1.29, 1.82) is 5.26 Å². The highest BCUT2D eigenvalue weighted by Crippen LogP contribution is 2.48. The zero-order valence-electron chi connectivity index (χ0n) is 14.3. The Labute approximate surface area is 163 Å². The summed E-state index contributed by atoms with van der Waals surface area (Å²) in [5.41, 5.74) is 5.32. The number of benzene rings is 2. The Hall–Kier alpha value is -3.16. The average Bonchev–Trinajstić information content (AvgIpc) is 3.11. The zero-order chi connectivity index (χ0) is 20.6. The summed E-state index contributed by atoms with van der Waals surface area (Å²) in [7, 11) is -3.03. The van der Waals surface area contributed by atoms with Gasteiger partial charge in [0.25, 0.3) is 13.3 Å². The highest BCUT2D eigenvalue weighted by Gasteiger charge is 2.37. The van der Waals surface area contributed by atoms with Crippen LogP contribution in [0.2, 0.25) is 5.02 Å². The van der Waals surface area contributed by atoms with Crippen LogP contribution in [-0.2, 0) is 9.09 Å². The number of nitrogens with one attached hydrogen (secondary N) is 1. The molecule has 0 aliphatic carbocycles. The van der Waals surface area contributed by atoms with Crippen LogP contribution in [0.1, 0.15) is 16.1 Å². The van der Waals surface area contributed by atoms with Gasteiger partial charge in [0.2, 0.25) is 0 Å². The highest BCUT2D eigenvalue weighted by atomic mass is 35.5. The zero-order valence-corrected chi connectivity index (χ0v) is 15.9. The van der Waals surface area contributed by atoms with E-state index in [0.29, 0.717) is 0 Å². The van der Waals surface area contributed by atoms with Crippen molar-refractivity contribution in [3.05, 3.63) is 63.8 Å². The minimum absolute atomic E-state index is 0.0327. The monoisotopic (exact) mass is 416 g/mol. The summed E-state index contributed by atoms with van der Waals surface area (Å²) in [4.78, 5) is 17.9. The minimum Gasteiger partial charge on any atom is -0.364 e. The van der Waals surface area contributed by atoms with E-state index >= 15 is 0 Å². The second kappa shape index (κ2) is 7.10. The molecule has 2 aromatic carbocycles. The van der Waals surface area contributed by atoms with E-state index in [-0.39, 0.29) is 43.5 Å². The number of halogens is 2. The topological polar surface area (TPSA) is 113 Å². The molecule has 1 atom stereocenters. The van der Waals surface area contributed by atoms with E-state index in [1.165, 1.54) is 30.3 Å². The van der Waals surface area contributed by atoms with Crippen molar-refractivity contribution in [2.45, 2.75) is 0 Å². The van der Waals surface area contributed by atoms with Crippen LogP contribution in [0.4, 0.5) is 10.1 Å². The smallest absolute Gasteiger partial charge is 0.266 e. The molecule has 0 radical (unpaired) electrons. The first-order chi connectivity index (χ1) is 13.3. The predicted molar refractivity (Wildman–Crippen MR) is 103 cm³/mol. The standard InChI is InChI=1S/C18H11ClFN4O3P/c1-23-10-5-9(8-21)6-11(7-10)28(26,27-2)17-14-13(24-16(17)18(22)25)4-3-12(19)15(14)20/h3-7,24H,2H3,(H2,22,25). The van der Waals surface area contributed by atoms with Crippen molar-refractivity contribution in [2.24, 2.45) is 5.73 Å². The minimum atomic E-state index is -4.15. The van der Waals surface area contributed by atoms with Gasteiger partial charge in [-0.05, 0) is 30.3 Å². The summed E-state index contributed by atoms with van der Waals surface area (Å²) >= 11 is 5.86. The summed E-state index contributed by atoms with van der Waals surface area (Å²) in [5, 5.41) is 8.39. The molecule has 7 nitrogen and oxygen atoms in total. The highest BCUT2D eigenvalue weighted by molar-refractivity contribution is 7.75. The lowest BCUT2D eigenvalue weighted by molar-refractivity contribution is 0.0997. The molecule has 1 heterocycles. The number of rotatable bonds is 4. The number of carbonyl (C=O) groups is 1. The maximum absolute atomic E-state index is 14.8. The first-order valence-corrected chi connectivity index (χ1v) is 9.66. The first-order valence-electron chi connectivity index (χ1n) is 7.65. The van der Waals surface area contributed by atoms with Gasteiger partial charge in [0.1, 0.15) is 5.69 Å². The van der Waals surface area contributed by atoms with Gasteiger partial charge in [0.05, 0.1) is 28.4 Å². The summed E-state index contributed by atoms with van der Waals surface area (Å²) in [6.45, 7) is 7.18. The van der Waals surface area contributed by atoms with Crippen molar-refractivity contribution < 1.29 is 18.3 Å². The van der Waals surface area contributed by atoms with E-state index in [0.717, 1.165) is 7.11 Å². The number of fused-ring (bicyclic) bond motifs is 1. The number of H-pyrrole nitrogens is 1. The number of aromatic amines is 1. The Morgan fingerprint density at radius 1 is 1.43 bits per heavy atom. The Balaban J connectivity index is 2.49. The Bertz CT molecular complexity index is 1240. The van der Waals surface area contributed by atoms with Gasteiger partial charge in [-0.3, -0.25) is 9.36 Å². The first kappa shape index (κ1) is 19.6. The van der Waals surface area contributed by atoms with E-state index in [1.807, 2.05) is 6.07 Å². The average molecular weight is 417 g/mol. The lowest BCUT2D eigenvalue weighted by Crippen LogP contribution is -2.26. The Morgan fingerprint density at radius 2 is 2.14 bits per heavy atom. The maximum atomic E-state index is 14.8. The molecular formula is C18H11ClFN4O3P. The number of hydrogen-bond donors (Lipinski definition) is 2. The molecule has 0 fully saturated rings. The fraction of sp³-hybridized carbons (Fsp3) is 0.0556. The van der Waals surface area contributed by atoms with Gasteiger partial charge in [0, 0.05) is 23.5 Å². The lowest BCUT2D eigenvalue weighted by atomic mass is 10.2. The van der Waals surface area contributed by atoms with Crippen LogP contribution in [0.3, 0.4) is 0 Å². The predicted octanol–water partition coefficient (Wildman–Crippen LogP) is 3.36. The third-order valence-corrected chi connectivity index (χ3v) is 6.91. The summed E-state index contributed by atoms with van der Waals surface area (Å²) < 4.78 is 34.0. The molecule has 0 spiro atoms. The number of hydrogen-bond acceptors (Lipinski definition) is 4. The number of primary amides is 1. The van der Waals surface area contributed by atoms with Crippen molar-refractivity contribution in [3.63, 3.8) is 0 Å². The summed E-state index contributed by atoms with van der Waals surface area (Å²) in [6.07, 6.45) is 0. The number of aromatic nitrogens is 1. The molecule has 0 bridgehead atoms. The molecule has 1 amide bonds. The number of amides is 1. The van der Waals surface area contributed by atoms with E-state index in [2.05, 4.69) is 9.83 Å². The fourth-order valence-electron chi connectivity index (χ4n) is 2.90. The molecule has 3 rings (SSSR count). The maximum Gasteiger partial charge on any atom is 0.266 e. The van der Waals surface area contributed by atoms with Gasteiger partial charge in [-0.25, -0.2) is 9.24 Å². The molecule has 1 unspecified atom stereocenters. The molecule has 140 valence electrons. The van der Waals surface area contributed by atoms with Crippen molar-refractivity contribution in [3.8, 4) is 6.07 Å². The van der Waals surface area contributed by atoms with Crippen molar-refractivity contribution in [2.75, 3.05) is 7.11 Å². The Kier molecular flexibility index (Phi) is 4.97. The van der Waals surface area contributed by atoms with Crippen LogP contribution >= 0.6 is 19.0 Å². The third kappa shape index (κ3) is 2.94.